The van der Waals surface area contributed by atoms with Crippen LogP contribution in [0.1, 0.15) is 39.1 Å². The van der Waals surface area contributed by atoms with E-state index in [0.29, 0.717) is 43.2 Å². The zero-order chi connectivity index (χ0) is 24.8. The number of benzene rings is 3. The molecule has 0 atom stereocenters. The molecule has 1 fully saturated rings. The third-order valence-electron chi connectivity index (χ3n) is 6.00. The Morgan fingerprint density at radius 1 is 0.886 bits per heavy atom. The third kappa shape index (κ3) is 6.09. The lowest BCUT2D eigenvalue weighted by atomic mass is 9.95. The van der Waals surface area contributed by atoms with Crippen LogP contribution in [0.25, 0.3) is 0 Å². The summed E-state index contributed by atoms with van der Waals surface area (Å²) in [5.74, 6) is -2.79. The van der Waals surface area contributed by atoms with Gasteiger partial charge < -0.3 is 15.5 Å². The van der Waals surface area contributed by atoms with Crippen molar-refractivity contribution in [3.8, 4) is 0 Å². The standard InChI is InChI=1S/C27H25F2N3O3/c28-21-9-10-23(24(29)16-21)27(35)32-13-11-19(12-14-32)25(33)30-17-18-5-4-6-20(15-18)26(34)31-22-7-2-1-3-8-22/h1-10,15-16,19H,11-14,17H2,(H,30,33)(H,31,34). The van der Waals surface area contributed by atoms with E-state index in [1.54, 1.807) is 30.3 Å². The highest BCUT2D eigenvalue weighted by Crippen LogP contribution is 2.21. The fraction of sp³-hybridized carbons (Fsp3) is 0.222. The molecule has 2 N–H and O–H groups in total. The molecule has 4 rings (SSSR count). The molecule has 0 aromatic heterocycles. The Morgan fingerprint density at radius 3 is 2.34 bits per heavy atom. The average Bonchev–Trinajstić information content (AvgIpc) is 2.88. The minimum absolute atomic E-state index is 0.135. The van der Waals surface area contributed by atoms with Crippen molar-refractivity contribution >= 4 is 23.4 Å². The second-order valence-corrected chi connectivity index (χ2v) is 8.43. The Morgan fingerprint density at radius 2 is 1.63 bits per heavy atom. The van der Waals surface area contributed by atoms with Crippen molar-refractivity contribution in [1.29, 1.82) is 0 Å². The lowest BCUT2D eigenvalue weighted by Crippen LogP contribution is -2.43. The molecule has 0 unspecified atom stereocenters. The number of rotatable bonds is 6. The molecule has 35 heavy (non-hydrogen) atoms. The molecule has 0 radical (unpaired) electrons. The number of halogens is 2. The van der Waals surface area contributed by atoms with Crippen molar-refractivity contribution in [3.63, 3.8) is 0 Å². The number of likely N-dealkylation sites (tertiary alicyclic amines) is 1. The van der Waals surface area contributed by atoms with Crippen molar-refractivity contribution in [3.05, 3.63) is 101 Å². The Hall–Kier alpha value is -4.07. The summed E-state index contributed by atoms with van der Waals surface area (Å²) >= 11 is 0. The van der Waals surface area contributed by atoms with Crippen LogP contribution in [0.3, 0.4) is 0 Å². The number of nitrogens with one attached hydrogen (secondary N) is 2. The van der Waals surface area contributed by atoms with E-state index in [1.165, 1.54) is 4.90 Å². The van der Waals surface area contributed by atoms with Crippen molar-refractivity contribution in [2.75, 3.05) is 18.4 Å². The number of piperidine rings is 1. The molecule has 8 heteroatoms. The molecule has 1 aliphatic heterocycles. The normalized spacial score (nSPS) is 13.8. The molecule has 1 aliphatic rings. The van der Waals surface area contributed by atoms with E-state index in [4.69, 9.17) is 0 Å². The molecule has 3 aromatic carbocycles. The van der Waals surface area contributed by atoms with Gasteiger partial charge in [-0.1, -0.05) is 30.3 Å². The van der Waals surface area contributed by atoms with Gasteiger partial charge in [-0.3, -0.25) is 14.4 Å². The number of hydrogen-bond acceptors (Lipinski definition) is 3. The number of amides is 3. The minimum Gasteiger partial charge on any atom is -0.352 e. The van der Waals surface area contributed by atoms with E-state index in [0.717, 1.165) is 17.7 Å². The van der Waals surface area contributed by atoms with E-state index in [1.807, 2.05) is 24.3 Å². The van der Waals surface area contributed by atoms with Crippen LogP contribution in [0, 0.1) is 17.6 Å². The van der Waals surface area contributed by atoms with E-state index >= 15 is 0 Å². The average molecular weight is 478 g/mol. The molecule has 180 valence electrons. The maximum Gasteiger partial charge on any atom is 0.256 e. The molecule has 0 aliphatic carbocycles. The lowest BCUT2D eigenvalue weighted by Gasteiger charge is -2.31. The maximum absolute atomic E-state index is 13.9. The van der Waals surface area contributed by atoms with Crippen LogP contribution in [-0.2, 0) is 11.3 Å². The van der Waals surface area contributed by atoms with Gasteiger partial charge in [0.1, 0.15) is 11.6 Å². The van der Waals surface area contributed by atoms with Crippen molar-refractivity contribution in [1.82, 2.24) is 10.2 Å². The fourth-order valence-electron chi connectivity index (χ4n) is 4.06. The van der Waals surface area contributed by atoms with Gasteiger partial charge in [0.25, 0.3) is 11.8 Å². The molecular formula is C27H25F2N3O3. The quantitative estimate of drug-likeness (QED) is 0.553. The first-order valence-corrected chi connectivity index (χ1v) is 11.4. The minimum atomic E-state index is -0.894. The van der Waals surface area contributed by atoms with E-state index in [9.17, 15) is 23.2 Å². The summed E-state index contributed by atoms with van der Waals surface area (Å²) in [5, 5.41) is 5.73. The van der Waals surface area contributed by atoms with Gasteiger partial charge in [-0.2, -0.15) is 0 Å². The van der Waals surface area contributed by atoms with Gasteiger partial charge in [0.15, 0.2) is 0 Å². The molecular weight excluding hydrogens is 452 g/mol. The van der Waals surface area contributed by atoms with Gasteiger partial charge in [-0.25, -0.2) is 8.78 Å². The van der Waals surface area contributed by atoms with E-state index < -0.39 is 17.5 Å². The first-order valence-electron chi connectivity index (χ1n) is 11.4. The highest BCUT2D eigenvalue weighted by molar-refractivity contribution is 6.04. The zero-order valence-corrected chi connectivity index (χ0v) is 19.0. The van der Waals surface area contributed by atoms with Crippen LogP contribution in [0.2, 0.25) is 0 Å². The van der Waals surface area contributed by atoms with Gasteiger partial charge in [-0.05, 0) is 54.8 Å². The Labute approximate surface area is 201 Å². The van der Waals surface area contributed by atoms with E-state index in [2.05, 4.69) is 10.6 Å². The van der Waals surface area contributed by atoms with Crippen molar-refractivity contribution in [2.24, 2.45) is 5.92 Å². The topological polar surface area (TPSA) is 78.5 Å². The number of anilines is 1. The zero-order valence-electron chi connectivity index (χ0n) is 19.0. The smallest absolute Gasteiger partial charge is 0.256 e. The first kappa shape index (κ1) is 24.1. The summed E-state index contributed by atoms with van der Waals surface area (Å²) in [5.41, 5.74) is 1.80. The Bertz CT molecular complexity index is 1230. The van der Waals surface area contributed by atoms with Crippen molar-refractivity contribution in [2.45, 2.75) is 19.4 Å². The molecule has 0 saturated carbocycles. The molecule has 1 heterocycles. The number of carbonyl (C=O) groups is 3. The highest BCUT2D eigenvalue weighted by atomic mass is 19.1. The summed E-state index contributed by atoms with van der Waals surface area (Å²) < 4.78 is 27.0. The highest BCUT2D eigenvalue weighted by Gasteiger charge is 2.28. The second-order valence-electron chi connectivity index (χ2n) is 8.43. The SMILES string of the molecule is O=C(Nc1ccccc1)c1cccc(CNC(=O)C2CCN(C(=O)c3ccc(F)cc3F)CC2)c1. The van der Waals surface area contributed by atoms with Gasteiger partial charge >= 0.3 is 0 Å². The van der Waals surface area contributed by atoms with Gasteiger partial charge in [0, 0.05) is 42.9 Å². The van der Waals surface area contributed by atoms with Crippen LogP contribution >= 0.6 is 0 Å². The second kappa shape index (κ2) is 10.9. The summed E-state index contributed by atoms with van der Waals surface area (Å²) in [6, 6.07) is 19.1. The van der Waals surface area contributed by atoms with Gasteiger partial charge in [0.2, 0.25) is 5.91 Å². The molecule has 3 aromatic rings. The Kier molecular flexibility index (Phi) is 7.50. The summed E-state index contributed by atoms with van der Waals surface area (Å²) in [4.78, 5) is 39.2. The van der Waals surface area contributed by atoms with Crippen LogP contribution in [-0.4, -0.2) is 35.7 Å². The summed E-state index contributed by atoms with van der Waals surface area (Å²) in [6.45, 7) is 0.886. The van der Waals surface area contributed by atoms with Gasteiger partial charge in [-0.15, -0.1) is 0 Å². The number of nitrogens with zero attached hydrogens (tertiary/aromatic N) is 1. The number of hydrogen-bond donors (Lipinski definition) is 2. The molecule has 1 saturated heterocycles. The van der Waals surface area contributed by atoms with Crippen LogP contribution < -0.4 is 10.6 Å². The largest absolute Gasteiger partial charge is 0.352 e. The predicted octanol–water partition coefficient (Wildman–Crippen LogP) is 4.39. The third-order valence-corrected chi connectivity index (χ3v) is 6.00. The van der Waals surface area contributed by atoms with Crippen molar-refractivity contribution < 1.29 is 23.2 Å². The number of para-hydroxylation sites is 1. The first-order chi connectivity index (χ1) is 16.9. The Balaban J connectivity index is 1.27. The molecule has 0 spiro atoms. The fourth-order valence-corrected chi connectivity index (χ4v) is 4.06. The van der Waals surface area contributed by atoms with Crippen LogP contribution in [0.4, 0.5) is 14.5 Å². The summed E-state index contributed by atoms with van der Waals surface area (Å²) in [7, 11) is 0. The lowest BCUT2D eigenvalue weighted by molar-refractivity contribution is -0.126. The molecule has 3 amide bonds. The number of carbonyl (C=O) groups excluding carboxylic acids is 3. The molecule has 0 bridgehead atoms. The van der Waals surface area contributed by atoms with Crippen LogP contribution in [0.15, 0.2) is 72.8 Å². The summed E-state index contributed by atoms with van der Waals surface area (Å²) in [6.07, 6.45) is 0.889. The monoisotopic (exact) mass is 477 g/mol. The maximum atomic E-state index is 13.9. The molecule has 6 nitrogen and oxygen atoms in total. The van der Waals surface area contributed by atoms with Crippen LogP contribution in [0.5, 0.6) is 0 Å². The van der Waals surface area contributed by atoms with E-state index in [-0.39, 0.29) is 29.8 Å². The van der Waals surface area contributed by atoms with Gasteiger partial charge in [0.05, 0.1) is 5.56 Å². The predicted molar refractivity (Wildman–Crippen MR) is 128 cm³/mol.